The van der Waals surface area contributed by atoms with E-state index >= 15 is 0 Å². The van der Waals surface area contributed by atoms with E-state index in [-0.39, 0.29) is 90.0 Å². The van der Waals surface area contributed by atoms with Crippen molar-refractivity contribution in [3.05, 3.63) is 46.6 Å². The summed E-state index contributed by atoms with van der Waals surface area (Å²) in [5, 5.41) is 135. The Morgan fingerprint density at radius 3 is 1.52 bits per heavy atom. The molecule has 0 radical (unpaired) electrons. The van der Waals surface area contributed by atoms with Crippen molar-refractivity contribution in [3.63, 3.8) is 0 Å². The third-order valence-electron chi connectivity index (χ3n) is 29.4. The van der Waals surface area contributed by atoms with Gasteiger partial charge in [0.25, 0.3) is 0 Å². The fourth-order valence-electron chi connectivity index (χ4n) is 24.1. The van der Waals surface area contributed by atoms with Gasteiger partial charge in [-0.05, 0) is 86.5 Å². The second-order valence-corrected chi connectivity index (χ2v) is 35.3. The number of ether oxygens (including phenoxy) is 5. The number of esters is 3. The van der Waals surface area contributed by atoms with Gasteiger partial charge in [0.1, 0.15) is 57.5 Å². The van der Waals surface area contributed by atoms with E-state index in [1.807, 2.05) is 68.4 Å². The van der Waals surface area contributed by atoms with Gasteiger partial charge in [0.05, 0.1) is 48.8 Å². The number of fused-ring (bicyclic) bond motifs is 19. The molecule has 12 N–H and O–H groups in total. The zero-order chi connectivity index (χ0) is 71.5. The Labute approximate surface area is 571 Å². The first-order valence-electron chi connectivity index (χ1n) is 36.4. The van der Waals surface area contributed by atoms with Gasteiger partial charge in [-0.3, -0.25) is 19.2 Å². The second kappa shape index (κ2) is 23.2. The van der Waals surface area contributed by atoms with Crippen molar-refractivity contribution in [1.29, 1.82) is 0 Å². The number of rotatable bonds is 16. The number of aliphatic hydroxyl groups excluding tert-OH is 6. The van der Waals surface area contributed by atoms with Crippen LogP contribution in [0.25, 0.3) is 0 Å². The maximum atomic E-state index is 13.2. The molecule has 28 atom stereocenters. The molecule has 8 saturated carbocycles. The molecule has 14 aliphatic rings. The number of aliphatic hydroxyl groups is 12. The van der Waals surface area contributed by atoms with E-state index in [0.29, 0.717) is 42.4 Å². The molecular formula is C76H114O21. The van der Waals surface area contributed by atoms with Crippen LogP contribution in [0.5, 0.6) is 0 Å². The molecule has 14 rings (SSSR count). The van der Waals surface area contributed by atoms with Crippen molar-refractivity contribution >= 4 is 23.7 Å². The van der Waals surface area contributed by atoms with Crippen molar-refractivity contribution in [2.45, 2.75) is 292 Å². The first-order chi connectivity index (χ1) is 45.0. The van der Waals surface area contributed by atoms with Crippen LogP contribution in [0.3, 0.4) is 0 Å². The third-order valence-corrected chi connectivity index (χ3v) is 29.4. The van der Waals surface area contributed by atoms with Crippen molar-refractivity contribution in [3.8, 4) is 0 Å². The number of hydrogen-bond donors (Lipinski definition) is 12. The molecule has 0 amide bonds. The Hall–Kier alpha value is -3.52. The van der Waals surface area contributed by atoms with Crippen molar-refractivity contribution < 1.29 is 104 Å². The average Bonchev–Trinajstić information content (AvgIpc) is 1.45. The lowest BCUT2D eigenvalue weighted by Crippen LogP contribution is -2.65. The van der Waals surface area contributed by atoms with Gasteiger partial charge in [-0.15, -0.1) is 0 Å². The van der Waals surface area contributed by atoms with E-state index < -0.39 is 151 Å². The van der Waals surface area contributed by atoms with E-state index in [1.54, 1.807) is 39.0 Å². The molecule has 0 aromatic heterocycles. The molecule has 0 bridgehead atoms. The molecule has 21 nitrogen and oxygen atoms in total. The lowest BCUT2D eigenvalue weighted by molar-refractivity contribution is -0.215. The molecule has 0 aromatic carbocycles. The van der Waals surface area contributed by atoms with Gasteiger partial charge < -0.3 is 85.0 Å². The highest BCUT2D eigenvalue weighted by Gasteiger charge is 2.92. The fourth-order valence-corrected chi connectivity index (χ4v) is 24.1. The van der Waals surface area contributed by atoms with E-state index in [2.05, 4.69) is 6.92 Å². The maximum absolute atomic E-state index is 13.2. The molecule has 12 aliphatic carbocycles. The van der Waals surface area contributed by atoms with Crippen LogP contribution in [0.2, 0.25) is 0 Å². The topological polar surface area (TPSA) is 364 Å². The number of carbonyl (C=O) groups is 4. The van der Waals surface area contributed by atoms with Crippen LogP contribution in [-0.2, 0) is 42.9 Å². The summed E-state index contributed by atoms with van der Waals surface area (Å²) in [7, 11) is 0. The van der Waals surface area contributed by atoms with Gasteiger partial charge in [-0.2, -0.15) is 0 Å². The molecule has 2 aliphatic heterocycles. The third kappa shape index (κ3) is 9.56. The van der Waals surface area contributed by atoms with Crippen molar-refractivity contribution in [1.82, 2.24) is 0 Å². The van der Waals surface area contributed by atoms with E-state index in [4.69, 9.17) is 23.7 Å². The van der Waals surface area contributed by atoms with Crippen LogP contribution in [0.1, 0.15) is 200 Å². The molecule has 21 heteroatoms. The first-order valence-corrected chi connectivity index (χ1v) is 36.4. The highest BCUT2D eigenvalue weighted by atomic mass is 16.6. The summed E-state index contributed by atoms with van der Waals surface area (Å²) >= 11 is 0. The predicted octanol–water partition coefficient (Wildman–Crippen LogP) is 5.47. The van der Waals surface area contributed by atoms with Crippen molar-refractivity contribution in [2.75, 3.05) is 19.8 Å². The maximum Gasteiger partial charge on any atom is 0.306 e. The Bertz CT molecular complexity index is 3330. The van der Waals surface area contributed by atoms with Crippen LogP contribution in [0.4, 0.5) is 0 Å². The smallest absolute Gasteiger partial charge is 0.306 e. The largest absolute Gasteiger partial charge is 0.458 e. The van der Waals surface area contributed by atoms with E-state index in [1.165, 1.54) is 52.4 Å². The van der Waals surface area contributed by atoms with Gasteiger partial charge in [0.2, 0.25) is 0 Å². The summed E-state index contributed by atoms with van der Waals surface area (Å²) in [6.07, 6.45) is 14.2. The fraction of sp³-hybridized carbons (Fsp3) is 0.842. The molecule has 2 saturated heterocycles. The molecule has 0 spiro atoms. The minimum absolute atomic E-state index is 0.0556. The van der Waals surface area contributed by atoms with Gasteiger partial charge in [-0.25, -0.2) is 0 Å². The van der Waals surface area contributed by atoms with Gasteiger partial charge in [-0.1, -0.05) is 145 Å². The summed E-state index contributed by atoms with van der Waals surface area (Å²) in [6.45, 7) is 26.9. The number of ketones is 1. The monoisotopic (exact) mass is 1360 g/mol. The summed E-state index contributed by atoms with van der Waals surface area (Å²) in [5.41, 5.74) is -13.5. The lowest BCUT2D eigenvalue weighted by atomic mass is 9.59. The Morgan fingerprint density at radius 1 is 0.557 bits per heavy atom. The van der Waals surface area contributed by atoms with Crippen LogP contribution in [0.15, 0.2) is 46.6 Å². The molecular weight excluding hydrogens is 1250 g/mol. The minimum atomic E-state index is -2.30. The number of unbranched alkanes of at least 4 members (excludes halogenated alkanes) is 8. The van der Waals surface area contributed by atoms with Gasteiger partial charge in [0.15, 0.2) is 11.4 Å². The Morgan fingerprint density at radius 2 is 1.01 bits per heavy atom. The number of Topliss-reactive ketones (excluding diaryl/α,β-unsaturated/α-hetero) is 1. The van der Waals surface area contributed by atoms with Crippen LogP contribution >= 0.6 is 0 Å². The quantitative estimate of drug-likeness (QED) is 0.0300. The number of hydrogen-bond acceptors (Lipinski definition) is 21. The Balaban J connectivity index is 0.000000142. The summed E-state index contributed by atoms with van der Waals surface area (Å²) in [5.74, 6) is -7.13. The summed E-state index contributed by atoms with van der Waals surface area (Å²) in [6, 6.07) is 0. The van der Waals surface area contributed by atoms with Crippen LogP contribution in [-0.4, -0.2) is 197 Å². The first kappa shape index (κ1) is 73.2. The summed E-state index contributed by atoms with van der Waals surface area (Å²) < 4.78 is 30.1. The minimum Gasteiger partial charge on any atom is -0.458 e. The summed E-state index contributed by atoms with van der Waals surface area (Å²) in [4.78, 5) is 50.2. The molecule has 10 fully saturated rings. The molecule has 0 aromatic rings. The average molecular weight is 1360 g/mol. The molecule has 2 heterocycles. The van der Waals surface area contributed by atoms with Crippen LogP contribution < -0.4 is 0 Å². The standard InChI is InChI=1S/C32H50O8.C22H32O7.C22H32O6/c1-6-7-8-9-10-11-12-13-14-15-22(34)39-30-17-20(3)31(37)21-16-19(2)25(35)32(21,38)27(36)29(18-33)26(40-29)23(31)24(30)28(30,4)5;1-10-6-13-20(26,16(10)25)8-19(9-23)17(29-19)14-15-18(4,5)21(15,28-12(3)24)7-11(2)22(13,14)27;1-11-6-16-20(26,18(11)25)9-14(10-23)7-15-17-19(4,5)21(17,28-13(3)24)8-12(2)22(15,16)27/h16,20-21,23-24,26-27,33,36-38H,6-15,17-18H2,1-5H3;6,11,13-17,23,25-27H,7-9H2,1-5H3;6-7,12,15-18,23,25-27H,8-10H2,1-5H3/t20-,21+,23-,24-,26?,27-,29?,30+,31+,32-;11-,13-,14-,15-,16?,17?,19?,20-,21+,22+;12-,15+,16-,17-,18?,20-,21+,22-/m111/s1. The highest BCUT2D eigenvalue weighted by Crippen LogP contribution is 2.82. The molecule has 544 valence electrons. The van der Waals surface area contributed by atoms with Crippen molar-refractivity contribution in [2.24, 2.45) is 87.3 Å². The van der Waals surface area contributed by atoms with Crippen LogP contribution in [0, 0.1) is 87.3 Å². The lowest BCUT2D eigenvalue weighted by Gasteiger charge is -2.52. The zero-order valence-corrected chi connectivity index (χ0v) is 59.9. The SMILES string of the molecule is CC(=O)O[C@@]12C[C@@H](C)[C@@]3(O)[C@@H](C4OC4(CO)C[C@]4(O)C(O)C(C)=C[C@@H]34)[C@@H]1C2(C)C.CC(=O)O[C@@]12C[C@@H](C)[C@@]3(O)[C@@H](C=C(CO)C[C@]4(O)C(O)C(C)=C[C@@H]34)[C@@H]1C2(C)C.CCCCCCCCCCCC(=O)O[C@@]12C[C@@H](C)[C@]3(O)[C@@H]4C=C(C)C(=O)[C@@]4(O)[C@H](O)C4(CO)OC4[C@H]3[C@@H]1C2(C)C. The normalized spacial score (nSPS) is 51.2. The zero-order valence-electron chi connectivity index (χ0n) is 59.9. The van der Waals surface area contributed by atoms with E-state index in [9.17, 15) is 80.5 Å². The number of epoxide rings is 2. The Kier molecular flexibility index (Phi) is 17.5. The van der Waals surface area contributed by atoms with E-state index in [0.717, 1.165) is 19.3 Å². The second-order valence-electron chi connectivity index (χ2n) is 35.3. The molecule has 97 heavy (non-hydrogen) atoms. The molecule has 6 unspecified atom stereocenters. The van der Waals surface area contributed by atoms with Gasteiger partial charge in [0, 0.05) is 103 Å². The predicted molar refractivity (Wildman–Crippen MR) is 352 cm³/mol. The highest BCUT2D eigenvalue weighted by molar-refractivity contribution is 6.05. The number of carbonyl (C=O) groups excluding carboxylic acids is 4. The van der Waals surface area contributed by atoms with Gasteiger partial charge >= 0.3 is 17.9 Å².